The van der Waals surface area contributed by atoms with Gasteiger partial charge in [0.1, 0.15) is 0 Å². The second-order valence-corrected chi connectivity index (χ2v) is 6.82. The predicted octanol–water partition coefficient (Wildman–Crippen LogP) is 3.63. The van der Waals surface area contributed by atoms with Crippen molar-refractivity contribution in [3.63, 3.8) is 0 Å². The van der Waals surface area contributed by atoms with Crippen LogP contribution in [0.15, 0.2) is 41.8 Å². The summed E-state index contributed by atoms with van der Waals surface area (Å²) >= 11 is 1.84. The van der Waals surface area contributed by atoms with Crippen molar-refractivity contribution in [3.8, 4) is 0 Å². The molecule has 0 radical (unpaired) electrons. The first-order valence-electron chi connectivity index (χ1n) is 7.89. The van der Waals surface area contributed by atoms with E-state index in [2.05, 4.69) is 53.6 Å². The molecule has 1 aromatic carbocycles. The molecule has 2 unspecified atom stereocenters. The van der Waals surface area contributed by atoms with Gasteiger partial charge >= 0.3 is 0 Å². The molecule has 2 atom stereocenters. The van der Waals surface area contributed by atoms with Crippen molar-refractivity contribution >= 4 is 11.3 Å². The van der Waals surface area contributed by atoms with Gasteiger partial charge in [-0.25, -0.2) is 0 Å². The molecule has 0 aliphatic carbocycles. The summed E-state index contributed by atoms with van der Waals surface area (Å²) in [5, 5.41) is 2.16. The van der Waals surface area contributed by atoms with Crippen molar-refractivity contribution in [2.45, 2.75) is 38.3 Å². The van der Waals surface area contributed by atoms with Gasteiger partial charge in [-0.15, -0.1) is 11.3 Å². The van der Waals surface area contributed by atoms with Crippen LogP contribution in [0.25, 0.3) is 0 Å². The average Bonchev–Trinajstić information content (AvgIpc) is 2.95. The molecule has 112 valence electrons. The summed E-state index contributed by atoms with van der Waals surface area (Å²) in [5.74, 6) is 0. The van der Waals surface area contributed by atoms with Crippen LogP contribution in [-0.4, -0.2) is 24.0 Å². The number of thiophene rings is 1. The second kappa shape index (κ2) is 6.73. The number of fused-ring (bicyclic) bond motifs is 1. The molecule has 2 heterocycles. The first-order valence-corrected chi connectivity index (χ1v) is 8.77. The van der Waals surface area contributed by atoms with Crippen LogP contribution in [0.5, 0.6) is 0 Å². The highest BCUT2D eigenvalue weighted by molar-refractivity contribution is 7.10. The van der Waals surface area contributed by atoms with Gasteiger partial charge in [-0.3, -0.25) is 4.90 Å². The van der Waals surface area contributed by atoms with E-state index in [1.807, 2.05) is 11.3 Å². The fourth-order valence-electron chi connectivity index (χ4n) is 3.31. The summed E-state index contributed by atoms with van der Waals surface area (Å²) in [6, 6.07) is 13.8. The van der Waals surface area contributed by atoms with E-state index in [9.17, 15) is 0 Å². The lowest BCUT2D eigenvalue weighted by atomic mass is 10.0. The third kappa shape index (κ3) is 3.20. The Hall–Kier alpha value is -1.16. The van der Waals surface area contributed by atoms with Crippen molar-refractivity contribution in [1.29, 1.82) is 0 Å². The van der Waals surface area contributed by atoms with Gasteiger partial charge in [-0.2, -0.15) is 0 Å². The molecule has 0 fully saturated rings. The van der Waals surface area contributed by atoms with Crippen LogP contribution in [0.2, 0.25) is 0 Å². The van der Waals surface area contributed by atoms with Crippen molar-refractivity contribution < 1.29 is 0 Å². The molecule has 0 spiro atoms. The number of nitrogens with zero attached hydrogens (tertiary/aromatic N) is 1. The van der Waals surface area contributed by atoms with Gasteiger partial charge in [0.25, 0.3) is 0 Å². The molecule has 3 rings (SSSR count). The molecule has 21 heavy (non-hydrogen) atoms. The third-order valence-corrected chi connectivity index (χ3v) is 5.50. The van der Waals surface area contributed by atoms with E-state index in [4.69, 9.17) is 5.73 Å². The van der Waals surface area contributed by atoms with Crippen molar-refractivity contribution in [2.24, 2.45) is 5.73 Å². The summed E-state index contributed by atoms with van der Waals surface area (Å²) < 4.78 is 0. The fourth-order valence-corrected chi connectivity index (χ4v) is 4.24. The third-order valence-electron chi connectivity index (χ3n) is 4.56. The van der Waals surface area contributed by atoms with Gasteiger partial charge in [-0.05, 0) is 41.8 Å². The van der Waals surface area contributed by atoms with Crippen LogP contribution in [0.3, 0.4) is 0 Å². The van der Waals surface area contributed by atoms with Crippen LogP contribution in [0, 0.1) is 0 Å². The van der Waals surface area contributed by atoms with E-state index >= 15 is 0 Å². The van der Waals surface area contributed by atoms with Crippen LogP contribution in [-0.2, 0) is 12.8 Å². The Bertz CT molecular complexity index is 537. The molecule has 0 saturated carbocycles. The molecule has 3 heteroatoms. The molecule has 2 nitrogen and oxygen atoms in total. The number of benzene rings is 1. The Kier molecular flexibility index (Phi) is 4.73. The fraction of sp³-hybridized carbons (Fsp3) is 0.444. The first kappa shape index (κ1) is 14.8. The summed E-state index contributed by atoms with van der Waals surface area (Å²) in [6.07, 6.45) is 3.29. The summed E-state index contributed by atoms with van der Waals surface area (Å²) in [6.45, 7) is 4.40. The first-order chi connectivity index (χ1) is 10.3. The Morgan fingerprint density at radius 1 is 1.10 bits per heavy atom. The van der Waals surface area contributed by atoms with E-state index in [1.165, 1.54) is 16.0 Å². The van der Waals surface area contributed by atoms with E-state index in [0.29, 0.717) is 6.04 Å². The second-order valence-electron chi connectivity index (χ2n) is 5.84. The predicted molar refractivity (Wildman–Crippen MR) is 90.7 cm³/mol. The molecule has 0 saturated heterocycles. The van der Waals surface area contributed by atoms with Gasteiger partial charge in [0, 0.05) is 24.0 Å². The summed E-state index contributed by atoms with van der Waals surface area (Å²) in [7, 11) is 0. The van der Waals surface area contributed by atoms with Crippen molar-refractivity contribution in [1.82, 2.24) is 4.90 Å². The minimum Gasteiger partial charge on any atom is -0.326 e. The summed E-state index contributed by atoms with van der Waals surface area (Å²) in [4.78, 5) is 4.01. The molecule has 0 amide bonds. The standard InChI is InChI=1S/C18H24N2S/c1-2-16(19)18(17-8-5-13-21-17)20-11-9-14-6-3-4-7-15(14)10-12-20/h3-8,13,16,18H,2,9-12,19H2,1H3. The zero-order chi connectivity index (χ0) is 14.7. The maximum atomic E-state index is 6.46. The number of hydrogen-bond donors (Lipinski definition) is 1. The van der Waals surface area contributed by atoms with E-state index < -0.39 is 0 Å². The molecule has 2 N–H and O–H groups in total. The largest absolute Gasteiger partial charge is 0.326 e. The van der Waals surface area contributed by atoms with Gasteiger partial charge in [0.15, 0.2) is 0 Å². The lowest BCUT2D eigenvalue weighted by Crippen LogP contribution is -2.41. The maximum absolute atomic E-state index is 6.46. The average molecular weight is 300 g/mol. The van der Waals surface area contributed by atoms with Gasteiger partial charge in [0.05, 0.1) is 6.04 Å². The summed E-state index contributed by atoms with van der Waals surface area (Å²) in [5.41, 5.74) is 9.48. The van der Waals surface area contributed by atoms with Crippen LogP contribution >= 0.6 is 11.3 Å². The molecular weight excluding hydrogens is 276 g/mol. The zero-order valence-corrected chi connectivity index (χ0v) is 13.5. The number of nitrogens with two attached hydrogens (primary N) is 1. The highest BCUT2D eigenvalue weighted by Gasteiger charge is 2.27. The van der Waals surface area contributed by atoms with Crippen molar-refractivity contribution in [2.75, 3.05) is 13.1 Å². The van der Waals surface area contributed by atoms with Gasteiger partial charge < -0.3 is 5.73 Å². The minimum atomic E-state index is 0.213. The van der Waals surface area contributed by atoms with Crippen LogP contribution in [0.4, 0.5) is 0 Å². The molecule has 1 aliphatic rings. The monoisotopic (exact) mass is 300 g/mol. The van der Waals surface area contributed by atoms with Crippen LogP contribution in [0.1, 0.15) is 35.4 Å². The zero-order valence-electron chi connectivity index (χ0n) is 12.7. The number of hydrogen-bond acceptors (Lipinski definition) is 3. The molecular formula is C18H24N2S. The highest BCUT2D eigenvalue weighted by atomic mass is 32.1. The lowest BCUT2D eigenvalue weighted by Gasteiger charge is -2.33. The van der Waals surface area contributed by atoms with Gasteiger partial charge in [0.2, 0.25) is 0 Å². The van der Waals surface area contributed by atoms with Crippen molar-refractivity contribution in [3.05, 3.63) is 57.8 Å². The van der Waals surface area contributed by atoms with E-state index in [0.717, 1.165) is 32.4 Å². The number of rotatable bonds is 4. The topological polar surface area (TPSA) is 29.3 Å². The van der Waals surface area contributed by atoms with Gasteiger partial charge in [-0.1, -0.05) is 37.3 Å². The normalized spacial score (nSPS) is 18.8. The highest BCUT2D eigenvalue weighted by Crippen LogP contribution is 2.30. The lowest BCUT2D eigenvalue weighted by molar-refractivity contribution is 0.180. The SMILES string of the molecule is CCC(N)C(c1cccs1)N1CCc2ccccc2CC1. The van der Waals surface area contributed by atoms with E-state index in [1.54, 1.807) is 0 Å². The molecule has 1 aliphatic heterocycles. The maximum Gasteiger partial charge on any atom is 0.0593 e. The molecule has 1 aromatic heterocycles. The Balaban J connectivity index is 1.82. The van der Waals surface area contributed by atoms with E-state index in [-0.39, 0.29) is 6.04 Å². The Morgan fingerprint density at radius 3 is 2.29 bits per heavy atom. The molecule has 0 bridgehead atoms. The molecule has 2 aromatic rings. The van der Waals surface area contributed by atoms with Crippen LogP contribution < -0.4 is 5.73 Å². The Labute approximate surface area is 131 Å². The quantitative estimate of drug-likeness (QED) is 0.934. The minimum absolute atomic E-state index is 0.213. The Morgan fingerprint density at radius 2 is 1.76 bits per heavy atom. The smallest absolute Gasteiger partial charge is 0.0593 e.